The Labute approximate surface area is 133 Å². The molecular weight excluding hydrogens is 298 g/mol. The summed E-state index contributed by atoms with van der Waals surface area (Å²) >= 11 is 0. The van der Waals surface area contributed by atoms with Gasteiger partial charge in [0.15, 0.2) is 0 Å². The number of esters is 1. The SMILES string of the molecule is CCOC(=O)C1=C(COc2ccccc2C#N)NC(=O)NC1C. The van der Waals surface area contributed by atoms with Crippen molar-refractivity contribution in [1.29, 1.82) is 5.26 Å². The number of nitrogens with zero attached hydrogens (tertiary/aromatic N) is 1. The van der Waals surface area contributed by atoms with Crippen LogP contribution in [0.25, 0.3) is 0 Å². The first-order valence-corrected chi connectivity index (χ1v) is 7.16. The van der Waals surface area contributed by atoms with Gasteiger partial charge in [-0.2, -0.15) is 5.26 Å². The molecule has 0 aromatic heterocycles. The van der Waals surface area contributed by atoms with Gasteiger partial charge in [-0.15, -0.1) is 0 Å². The van der Waals surface area contributed by atoms with Crippen LogP contribution in [0.5, 0.6) is 5.75 Å². The van der Waals surface area contributed by atoms with Gasteiger partial charge in [0, 0.05) is 0 Å². The Hall–Kier alpha value is -3.01. The Morgan fingerprint density at radius 3 is 2.83 bits per heavy atom. The molecule has 1 aliphatic heterocycles. The van der Waals surface area contributed by atoms with E-state index in [0.29, 0.717) is 22.6 Å². The van der Waals surface area contributed by atoms with Crippen LogP contribution in [0, 0.1) is 11.3 Å². The van der Waals surface area contributed by atoms with E-state index in [1.165, 1.54) is 0 Å². The van der Waals surface area contributed by atoms with Gasteiger partial charge in [-0.3, -0.25) is 0 Å². The number of carbonyl (C=O) groups excluding carboxylic acids is 2. The molecule has 2 amide bonds. The standard InChI is InChI=1S/C16H17N3O4/c1-3-22-15(20)14-10(2)18-16(21)19-12(14)9-23-13-7-5-4-6-11(13)8-17/h4-7,10H,3,9H2,1-2H3,(H2,18,19,21). The maximum absolute atomic E-state index is 12.1. The fourth-order valence-electron chi connectivity index (χ4n) is 2.23. The van der Waals surface area contributed by atoms with Gasteiger partial charge < -0.3 is 20.1 Å². The highest BCUT2D eigenvalue weighted by atomic mass is 16.5. The van der Waals surface area contributed by atoms with Gasteiger partial charge in [0.2, 0.25) is 0 Å². The largest absolute Gasteiger partial charge is 0.486 e. The van der Waals surface area contributed by atoms with Crippen molar-refractivity contribution in [3.05, 3.63) is 41.1 Å². The van der Waals surface area contributed by atoms with Crippen molar-refractivity contribution in [2.45, 2.75) is 19.9 Å². The molecule has 1 heterocycles. The Morgan fingerprint density at radius 2 is 2.13 bits per heavy atom. The molecule has 1 atom stereocenters. The summed E-state index contributed by atoms with van der Waals surface area (Å²) in [6, 6.07) is 7.85. The van der Waals surface area contributed by atoms with E-state index in [2.05, 4.69) is 10.6 Å². The summed E-state index contributed by atoms with van der Waals surface area (Å²) < 4.78 is 10.6. The topological polar surface area (TPSA) is 100 Å². The Morgan fingerprint density at radius 1 is 1.39 bits per heavy atom. The molecule has 2 rings (SSSR count). The normalized spacial score (nSPS) is 16.9. The highest BCUT2D eigenvalue weighted by Gasteiger charge is 2.30. The van der Waals surface area contributed by atoms with Gasteiger partial charge >= 0.3 is 12.0 Å². The predicted octanol–water partition coefficient (Wildman–Crippen LogP) is 1.46. The Bertz CT molecular complexity index is 691. The minimum atomic E-state index is -0.514. The molecular formula is C16H17N3O4. The predicted molar refractivity (Wildman–Crippen MR) is 81.4 cm³/mol. The second-order valence-electron chi connectivity index (χ2n) is 4.83. The molecule has 1 aromatic carbocycles. The lowest BCUT2D eigenvalue weighted by molar-refractivity contribution is -0.139. The third-order valence-electron chi connectivity index (χ3n) is 3.25. The third-order valence-corrected chi connectivity index (χ3v) is 3.25. The molecule has 0 fully saturated rings. The number of nitriles is 1. The first-order valence-electron chi connectivity index (χ1n) is 7.16. The van der Waals surface area contributed by atoms with E-state index in [0.717, 1.165) is 0 Å². The molecule has 0 bridgehead atoms. The van der Waals surface area contributed by atoms with Crippen LogP contribution in [0.15, 0.2) is 35.5 Å². The highest BCUT2D eigenvalue weighted by Crippen LogP contribution is 2.19. The monoisotopic (exact) mass is 315 g/mol. The van der Waals surface area contributed by atoms with Crippen molar-refractivity contribution in [2.75, 3.05) is 13.2 Å². The van der Waals surface area contributed by atoms with Crippen LogP contribution in [-0.2, 0) is 9.53 Å². The number of para-hydroxylation sites is 1. The lowest BCUT2D eigenvalue weighted by Gasteiger charge is -2.26. The summed E-state index contributed by atoms with van der Waals surface area (Å²) in [6.07, 6.45) is 0. The zero-order valence-corrected chi connectivity index (χ0v) is 12.9. The zero-order chi connectivity index (χ0) is 16.8. The lowest BCUT2D eigenvalue weighted by atomic mass is 10.0. The number of urea groups is 1. The van der Waals surface area contributed by atoms with Gasteiger partial charge in [0.05, 0.1) is 29.5 Å². The van der Waals surface area contributed by atoms with Gasteiger partial charge in [-0.05, 0) is 26.0 Å². The summed E-state index contributed by atoms with van der Waals surface area (Å²) in [6.45, 7) is 3.57. The van der Waals surface area contributed by atoms with Crippen LogP contribution in [0.4, 0.5) is 4.79 Å². The molecule has 23 heavy (non-hydrogen) atoms. The number of hydrogen-bond acceptors (Lipinski definition) is 5. The number of carbonyl (C=O) groups is 2. The highest BCUT2D eigenvalue weighted by molar-refractivity contribution is 5.94. The van der Waals surface area contributed by atoms with Crippen LogP contribution >= 0.6 is 0 Å². The molecule has 0 saturated carbocycles. The molecule has 7 heteroatoms. The van der Waals surface area contributed by atoms with Crippen molar-refractivity contribution in [1.82, 2.24) is 10.6 Å². The van der Waals surface area contributed by atoms with Crippen LogP contribution in [-0.4, -0.2) is 31.3 Å². The van der Waals surface area contributed by atoms with Crippen LogP contribution < -0.4 is 15.4 Å². The summed E-state index contributed by atoms with van der Waals surface area (Å²) in [4.78, 5) is 23.7. The van der Waals surface area contributed by atoms with Crippen molar-refractivity contribution in [3.63, 3.8) is 0 Å². The third kappa shape index (κ3) is 3.80. The first kappa shape index (κ1) is 16.4. The molecule has 0 aliphatic carbocycles. The molecule has 120 valence electrons. The van der Waals surface area contributed by atoms with Crippen molar-refractivity contribution >= 4 is 12.0 Å². The zero-order valence-electron chi connectivity index (χ0n) is 12.9. The van der Waals surface area contributed by atoms with E-state index in [-0.39, 0.29) is 13.2 Å². The minimum Gasteiger partial charge on any atom is -0.486 e. The second kappa shape index (κ2) is 7.31. The Balaban J connectivity index is 2.25. The van der Waals surface area contributed by atoms with Crippen molar-refractivity contribution < 1.29 is 19.1 Å². The van der Waals surface area contributed by atoms with Crippen LogP contribution in [0.3, 0.4) is 0 Å². The fourth-order valence-corrected chi connectivity index (χ4v) is 2.23. The van der Waals surface area contributed by atoms with E-state index in [1.54, 1.807) is 38.1 Å². The number of rotatable bonds is 5. The number of benzene rings is 1. The van der Waals surface area contributed by atoms with E-state index in [4.69, 9.17) is 14.7 Å². The van der Waals surface area contributed by atoms with Crippen LogP contribution in [0.1, 0.15) is 19.4 Å². The molecule has 7 nitrogen and oxygen atoms in total. The number of ether oxygens (including phenoxy) is 2. The maximum Gasteiger partial charge on any atom is 0.338 e. The van der Waals surface area contributed by atoms with E-state index in [1.807, 2.05) is 6.07 Å². The molecule has 1 unspecified atom stereocenters. The minimum absolute atomic E-state index is 0.0510. The maximum atomic E-state index is 12.1. The quantitative estimate of drug-likeness (QED) is 0.801. The molecule has 0 spiro atoms. The molecule has 1 aromatic rings. The average Bonchev–Trinajstić information content (AvgIpc) is 2.52. The molecule has 0 radical (unpaired) electrons. The number of amides is 2. The van der Waals surface area contributed by atoms with Gasteiger partial charge in [0.1, 0.15) is 18.4 Å². The number of hydrogen-bond donors (Lipinski definition) is 2. The first-order chi connectivity index (χ1) is 11.1. The fraction of sp³-hybridized carbons (Fsp3) is 0.312. The molecule has 0 saturated heterocycles. The number of nitrogens with one attached hydrogen (secondary N) is 2. The van der Waals surface area contributed by atoms with E-state index >= 15 is 0 Å². The summed E-state index contributed by atoms with van der Waals surface area (Å²) in [7, 11) is 0. The Kier molecular flexibility index (Phi) is 5.20. The average molecular weight is 315 g/mol. The van der Waals surface area contributed by atoms with E-state index < -0.39 is 18.0 Å². The van der Waals surface area contributed by atoms with Gasteiger partial charge in [-0.1, -0.05) is 12.1 Å². The van der Waals surface area contributed by atoms with Crippen molar-refractivity contribution in [2.24, 2.45) is 0 Å². The summed E-state index contributed by atoms with van der Waals surface area (Å²) in [5.41, 5.74) is 1.01. The van der Waals surface area contributed by atoms with Gasteiger partial charge in [0.25, 0.3) is 0 Å². The van der Waals surface area contributed by atoms with E-state index in [9.17, 15) is 9.59 Å². The lowest BCUT2D eigenvalue weighted by Crippen LogP contribution is -2.50. The van der Waals surface area contributed by atoms with Crippen molar-refractivity contribution in [3.8, 4) is 11.8 Å². The molecule has 1 aliphatic rings. The second-order valence-corrected chi connectivity index (χ2v) is 4.83. The smallest absolute Gasteiger partial charge is 0.338 e. The summed E-state index contributed by atoms with van der Waals surface area (Å²) in [5.74, 6) is -0.134. The van der Waals surface area contributed by atoms with Gasteiger partial charge in [-0.25, -0.2) is 9.59 Å². The van der Waals surface area contributed by atoms with Crippen LogP contribution in [0.2, 0.25) is 0 Å². The molecule has 2 N–H and O–H groups in total. The summed E-state index contributed by atoms with van der Waals surface area (Å²) in [5, 5.41) is 14.2.